The minimum absolute atomic E-state index is 0.0608. The maximum Gasteiger partial charge on any atom is 0.416 e. The van der Waals surface area contributed by atoms with E-state index < -0.39 is 23.6 Å². The number of amides is 2. The maximum absolute atomic E-state index is 13.6. The highest BCUT2D eigenvalue weighted by Gasteiger charge is 2.32. The van der Waals surface area contributed by atoms with Crippen LogP contribution in [0.25, 0.3) is 21.8 Å². The lowest BCUT2D eigenvalue weighted by molar-refractivity contribution is -0.140. The van der Waals surface area contributed by atoms with Crippen LogP contribution in [0, 0.1) is 0 Å². The van der Waals surface area contributed by atoms with Gasteiger partial charge in [-0.2, -0.15) is 18.3 Å². The topological polar surface area (TPSA) is 107 Å². The summed E-state index contributed by atoms with van der Waals surface area (Å²) >= 11 is 0. The maximum atomic E-state index is 13.6. The smallest absolute Gasteiger partial charge is 0.416 e. The Morgan fingerprint density at radius 2 is 1.86 bits per heavy atom. The number of nitrogens with zero attached hydrogens (tertiary/aromatic N) is 5. The van der Waals surface area contributed by atoms with E-state index in [1.54, 1.807) is 36.1 Å². The number of alkyl halides is 3. The number of aryl methyl sites for hydroxylation is 1. The minimum Gasteiger partial charge on any atom is -0.496 e. The molecule has 0 saturated carbocycles. The molecule has 0 saturated heterocycles. The third-order valence-corrected chi connectivity index (χ3v) is 5.94. The summed E-state index contributed by atoms with van der Waals surface area (Å²) in [5.74, 6) is -0.756. The lowest BCUT2D eigenvalue weighted by Gasteiger charge is -2.32. The summed E-state index contributed by atoms with van der Waals surface area (Å²) in [6, 6.07) is 7.79. The zero-order valence-corrected chi connectivity index (χ0v) is 19.9. The number of halogens is 3. The van der Waals surface area contributed by atoms with E-state index in [4.69, 9.17) is 10.5 Å². The van der Waals surface area contributed by atoms with Gasteiger partial charge in [-0.05, 0) is 30.3 Å². The predicted octanol–water partition coefficient (Wildman–Crippen LogP) is 3.77. The Morgan fingerprint density at radius 3 is 2.50 bits per heavy atom. The van der Waals surface area contributed by atoms with Gasteiger partial charge in [0.2, 0.25) is 5.91 Å². The van der Waals surface area contributed by atoms with Crippen LogP contribution in [0.1, 0.15) is 28.4 Å². The fourth-order valence-electron chi connectivity index (χ4n) is 3.94. The second-order valence-corrected chi connectivity index (χ2v) is 8.19. The molecule has 0 spiro atoms. The molecular formula is C24H23F3N6O3. The number of hydrazine groups is 1. The van der Waals surface area contributed by atoms with Crippen molar-refractivity contribution < 1.29 is 27.5 Å². The van der Waals surface area contributed by atoms with Crippen LogP contribution in [-0.2, 0) is 24.6 Å². The molecule has 0 atom stereocenters. The van der Waals surface area contributed by atoms with Gasteiger partial charge in [-0.3, -0.25) is 19.3 Å². The van der Waals surface area contributed by atoms with Crippen LogP contribution in [0.4, 0.5) is 19.0 Å². The van der Waals surface area contributed by atoms with Crippen LogP contribution in [-0.4, -0.2) is 50.8 Å². The molecule has 12 heteroatoms. The number of nitrogen functional groups attached to an aromatic ring is 1. The van der Waals surface area contributed by atoms with Crippen LogP contribution >= 0.6 is 0 Å². The number of fused-ring (bicyclic) bond motifs is 3. The predicted molar refractivity (Wildman–Crippen MR) is 127 cm³/mol. The van der Waals surface area contributed by atoms with Crippen molar-refractivity contribution in [3.05, 3.63) is 59.3 Å². The standard InChI is InChI=1S/C24H23F3N6O3/c1-13(34)32(3)33(12-15-5-7-16(24(25,26)27)10-20(15)36-4)23(35)14-6-8-19-17(9-14)21-18(22(28)30-19)11-29-31(21)2/h5-11H,12H2,1-4H3,(H2,28,30). The molecule has 0 fully saturated rings. The zero-order chi connectivity index (χ0) is 26.4. The van der Waals surface area contributed by atoms with Crippen molar-refractivity contribution in [3.8, 4) is 5.75 Å². The third-order valence-electron chi connectivity index (χ3n) is 5.94. The van der Waals surface area contributed by atoms with E-state index in [-0.39, 0.29) is 23.4 Å². The Morgan fingerprint density at radius 1 is 1.14 bits per heavy atom. The largest absolute Gasteiger partial charge is 0.496 e. The lowest BCUT2D eigenvalue weighted by Crippen LogP contribution is -2.46. The fraction of sp³-hybridized carbons (Fsp3) is 0.250. The summed E-state index contributed by atoms with van der Waals surface area (Å²) in [6.07, 6.45) is -2.98. The highest BCUT2D eigenvalue weighted by molar-refractivity contribution is 6.10. The summed E-state index contributed by atoms with van der Waals surface area (Å²) in [4.78, 5) is 30.2. The number of pyridine rings is 1. The van der Waals surface area contributed by atoms with Gasteiger partial charge in [0.1, 0.15) is 11.6 Å². The number of rotatable bonds is 4. The highest BCUT2D eigenvalue weighted by Crippen LogP contribution is 2.34. The molecule has 0 unspecified atom stereocenters. The van der Waals surface area contributed by atoms with E-state index in [1.165, 1.54) is 27.1 Å². The van der Waals surface area contributed by atoms with Gasteiger partial charge in [0.25, 0.3) is 5.91 Å². The number of hydrogen-bond donors (Lipinski definition) is 1. The average molecular weight is 500 g/mol. The number of carbonyl (C=O) groups is 2. The molecule has 0 bridgehead atoms. The first-order valence-corrected chi connectivity index (χ1v) is 10.7. The molecule has 188 valence electrons. The van der Waals surface area contributed by atoms with Crippen molar-refractivity contribution in [1.82, 2.24) is 24.8 Å². The van der Waals surface area contributed by atoms with Gasteiger partial charge in [-0.25, -0.2) is 9.99 Å². The number of nitrogens with two attached hydrogens (primary N) is 1. The molecule has 4 aromatic rings. The number of benzene rings is 2. The number of aromatic nitrogens is 3. The Kier molecular flexibility index (Phi) is 6.21. The van der Waals surface area contributed by atoms with Crippen LogP contribution < -0.4 is 10.5 Å². The lowest BCUT2D eigenvalue weighted by atomic mass is 10.1. The van der Waals surface area contributed by atoms with Crippen molar-refractivity contribution in [2.45, 2.75) is 19.6 Å². The molecule has 0 radical (unpaired) electrons. The molecule has 2 aromatic carbocycles. The third kappa shape index (κ3) is 4.37. The SMILES string of the molecule is COc1cc(C(F)(F)F)ccc1CN(C(=O)c1ccc2nc(N)c3cnn(C)c3c2c1)N(C)C(C)=O. The summed E-state index contributed by atoms with van der Waals surface area (Å²) in [6.45, 7) is 1.06. The average Bonchev–Trinajstić information content (AvgIpc) is 3.23. The number of methoxy groups -OCH3 is 1. The van der Waals surface area contributed by atoms with Gasteiger partial charge in [0.15, 0.2) is 0 Å². The first kappa shape index (κ1) is 24.8. The van der Waals surface area contributed by atoms with E-state index in [1.807, 2.05) is 0 Å². The number of carbonyl (C=O) groups excluding carboxylic acids is 2. The quantitative estimate of drug-likeness (QED) is 0.428. The Bertz CT molecular complexity index is 1500. The van der Waals surface area contributed by atoms with Crippen LogP contribution in [0.3, 0.4) is 0 Å². The Hall–Kier alpha value is -4.35. The molecule has 0 aliphatic rings. The first-order chi connectivity index (χ1) is 16.9. The van der Waals surface area contributed by atoms with Crippen LogP contribution in [0.15, 0.2) is 42.6 Å². The van der Waals surface area contributed by atoms with Crippen molar-refractivity contribution in [3.63, 3.8) is 0 Å². The zero-order valence-electron chi connectivity index (χ0n) is 19.9. The minimum atomic E-state index is -4.56. The van der Waals surface area contributed by atoms with Crippen molar-refractivity contribution >= 4 is 39.4 Å². The van der Waals surface area contributed by atoms with Gasteiger partial charge >= 0.3 is 6.18 Å². The van der Waals surface area contributed by atoms with E-state index in [0.717, 1.165) is 22.2 Å². The Balaban J connectivity index is 1.79. The number of hydrogen-bond acceptors (Lipinski definition) is 6. The summed E-state index contributed by atoms with van der Waals surface area (Å²) < 4.78 is 46.3. The van der Waals surface area contributed by atoms with Crippen LogP contribution in [0.5, 0.6) is 5.75 Å². The molecule has 0 aliphatic carbocycles. The summed E-state index contributed by atoms with van der Waals surface area (Å²) in [7, 11) is 4.38. The van der Waals surface area contributed by atoms with Crippen molar-refractivity contribution in [2.24, 2.45) is 7.05 Å². The Labute approximate surface area is 203 Å². The fourth-order valence-corrected chi connectivity index (χ4v) is 3.94. The second-order valence-electron chi connectivity index (χ2n) is 8.19. The van der Waals surface area contributed by atoms with E-state index in [0.29, 0.717) is 27.6 Å². The van der Waals surface area contributed by atoms with E-state index in [2.05, 4.69) is 10.1 Å². The van der Waals surface area contributed by atoms with Crippen molar-refractivity contribution in [1.29, 1.82) is 0 Å². The van der Waals surface area contributed by atoms with Gasteiger partial charge in [0.05, 0.1) is 41.8 Å². The molecule has 4 rings (SSSR count). The molecule has 2 N–H and O–H groups in total. The summed E-state index contributed by atoms with van der Waals surface area (Å²) in [5, 5.41) is 7.72. The van der Waals surface area contributed by atoms with Gasteiger partial charge in [0, 0.05) is 37.5 Å². The molecule has 36 heavy (non-hydrogen) atoms. The van der Waals surface area contributed by atoms with Crippen molar-refractivity contribution in [2.75, 3.05) is 19.9 Å². The molecule has 2 aromatic heterocycles. The highest BCUT2D eigenvalue weighted by atomic mass is 19.4. The normalized spacial score (nSPS) is 11.6. The molecule has 9 nitrogen and oxygen atoms in total. The van der Waals surface area contributed by atoms with Gasteiger partial charge in [-0.15, -0.1) is 0 Å². The monoisotopic (exact) mass is 500 g/mol. The molecular weight excluding hydrogens is 477 g/mol. The van der Waals surface area contributed by atoms with Crippen LogP contribution in [0.2, 0.25) is 0 Å². The second kappa shape index (κ2) is 9.02. The first-order valence-electron chi connectivity index (χ1n) is 10.7. The molecule has 2 amide bonds. The molecule has 2 heterocycles. The molecule has 0 aliphatic heterocycles. The number of ether oxygens (including phenoxy) is 1. The van der Waals surface area contributed by atoms with Gasteiger partial charge < -0.3 is 10.5 Å². The number of anilines is 1. The van der Waals surface area contributed by atoms with E-state index >= 15 is 0 Å². The summed E-state index contributed by atoms with van der Waals surface area (Å²) in [5.41, 5.74) is 6.91. The van der Waals surface area contributed by atoms with E-state index in [9.17, 15) is 22.8 Å². The van der Waals surface area contributed by atoms with Gasteiger partial charge in [-0.1, -0.05) is 6.07 Å².